The van der Waals surface area contributed by atoms with Crippen LogP contribution >= 0.6 is 11.6 Å². The number of furan rings is 1. The third kappa shape index (κ3) is 7.43. The molecule has 3 aromatic heterocycles. The number of hydrogen-bond donors (Lipinski definition) is 1. The fourth-order valence-corrected chi connectivity index (χ4v) is 7.83. The Bertz CT molecular complexity index is 1750. The molecule has 1 aliphatic heterocycles. The summed E-state index contributed by atoms with van der Waals surface area (Å²) in [5.74, 6) is 1.55. The first-order chi connectivity index (χ1) is 21.5. The van der Waals surface area contributed by atoms with E-state index in [-0.39, 0.29) is 24.7 Å². The van der Waals surface area contributed by atoms with E-state index in [1.165, 1.54) is 10.6 Å². The Labute approximate surface area is 270 Å². The van der Waals surface area contributed by atoms with Crippen molar-refractivity contribution in [3.8, 4) is 28.8 Å². The highest BCUT2D eigenvalue weighted by molar-refractivity contribution is 7.92. The topological polar surface area (TPSA) is 125 Å². The Morgan fingerprint density at radius 1 is 1.11 bits per heavy atom. The first kappa shape index (κ1) is 32.7. The lowest BCUT2D eigenvalue weighted by Crippen LogP contribution is -2.39. The molecule has 0 unspecified atom stereocenters. The number of methoxy groups -OCH3 is 2. The number of ether oxygens (including phenoxy) is 2. The maximum Gasteiger partial charge on any atom is 0.246 e. The first-order valence-electron chi connectivity index (χ1n) is 14.8. The normalized spacial score (nSPS) is 13.9. The van der Waals surface area contributed by atoms with E-state index in [2.05, 4.69) is 46.2 Å². The van der Waals surface area contributed by atoms with Crippen molar-refractivity contribution in [1.82, 2.24) is 25.1 Å². The highest BCUT2D eigenvalue weighted by Gasteiger charge is 2.33. The van der Waals surface area contributed by atoms with Crippen molar-refractivity contribution in [1.29, 1.82) is 0 Å². The van der Waals surface area contributed by atoms with Crippen LogP contribution in [-0.4, -0.2) is 75.8 Å². The van der Waals surface area contributed by atoms with Gasteiger partial charge in [-0.25, -0.2) is 12.7 Å². The smallest absolute Gasteiger partial charge is 0.246 e. The van der Waals surface area contributed by atoms with Crippen LogP contribution in [0, 0.1) is 0 Å². The molecule has 45 heavy (non-hydrogen) atoms. The number of halogens is 1. The van der Waals surface area contributed by atoms with Gasteiger partial charge in [0.2, 0.25) is 21.8 Å². The molecule has 0 saturated heterocycles. The molecule has 0 amide bonds. The summed E-state index contributed by atoms with van der Waals surface area (Å²) < 4.78 is 49.1. The summed E-state index contributed by atoms with van der Waals surface area (Å²) in [5.41, 5.74) is 3.14. The lowest BCUT2D eigenvalue weighted by atomic mass is 9.98. The Balaban J connectivity index is 1.62. The number of benzene rings is 1. The van der Waals surface area contributed by atoms with Crippen LogP contribution < -0.4 is 19.1 Å². The number of pyridine rings is 1. The van der Waals surface area contributed by atoms with Crippen molar-refractivity contribution >= 4 is 41.2 Å². The molecule has 1 aromatic carbocycles. The molecule has 0 radical (unpaired) electrons. The number of para-hydroxylation sites is 1. The average molecular weight is 671 g/mol. The van der Waals surface area contributed by atoms with Crippen LogP contribution in [0.2, 0.25) is 30.7 Å². The molecular formula is C31H39ClN6O5SSi. The second-order valence-corrected chi connectivity index (χ2v) is 20.0. The van der Waals surface area contributed by atoms with Crippen LogP contribution in [0.5, 0.6) is 11.5 Å². The highest BCUT2D eigenvalue weighted by atomic mass is 35.5. The fraction of sp³-hybridized carbons (Fsp3) is 0.387. The molecule has 4 heterocycles. The van der Waals surface area contributed by atoms with Crippen LogP contribution in [-0.2, 0) is 16.4 Å². The second-order valence-electron chi connectivity index (χ2n) is 11.9. The molecule has 0 spiro atoms. The molecule has 1 N–H and O–H groups in total. The van der Waals surface area contributed by atoms with Crippen molar-refractivity contribution in [3.63, 3.8) is 0 Å². The van der Waals surface area contributed by atoms with Crippen LogP contribution in [0.4, 0.5) is 5.95 Å². The predicted molar refractivity (Wildman–Crippen MR) is 180 cm³/mol. The minimum atomic E-state index is -3.96. The number of sulfonamides is 1. The molecule has 0 atom stereocenters. The number of rotatable bonds is 13. The summed E-state index contributed by atoms with van der Waals surface area (Å²) in [7, 11) is -2.58. The SMILES string of the molecule is COc1cccc(OC)c1-n1c(-c2ccco2)nnc1N(CC[Si](C)(C)C)S(=O)(=O)CCc1ncc(Cl)cc1C1=CCNCC1. The standard InChI is InChI=1S/C31H39ClN6O5SSi/c1-41-26-8-6-9-27(42-2)29(26)38-30(28-10-7-17-43-28)35-36-31(38)37(16-19-45(3,4)5)44(39,40)18-13-25-24(20-23(32)21-34-25)22-11-14-33-15-12-22/h6-11,17,20-21,33H,12-16,18-19H2,1-5H3. The molecule has 5 rings (SSSR count). The number of hydrogen-bond acceptors (Lipinski definition) is 9. The third-order valence-corrected chi connectivity index (χ3v) is 11.2. The van der Waals surface area contributed by atoms with E-state index in [0.717, 1.165) is 30.6 Å². The molecule has 0 aliphatic carbocycles. The maximum absolute atomic E-state index is 14.5. The number of aryl methyl sites for hydroxylation is 1. The van der Waals surface area contributed by atoms with Crippen LogP contribution in [0.25, 0.3) is 22.8 Å². The van der Waals surface area contributed by atoms with E-state index < -0.39 is 18.1 Å². The quantitative estimate of drug-likeness (QED) is 0.179. The molecule has 1 aliphatic rings. The zero-order valence-electron chi connectivity index (χ0n) is 26.2. The number of nitrogens with one attached hydrogen (secondary N) is 1. The van der Waals surface area contributed by atoms with Crippen LogP contribution in [0.15, 0.2) is 59.4 Å². The molecule has 14 heteroatoms. The lowest BCUT2D eigenvalue weighted by Gasteiger charge is -2.27. The molecule has 4 aromatic rings. The molecule has 0 bridgehead atoms. The van der Waals surface area contributed by atoms with Crippen LogP contribution in [0.3, 0.4) is 0 Å². The zero-order valence-corrected chi connectivity index (χ0v) is 28.8. The van der Waals surface area contributed by atoms with Gasteiger partial charge in [-0.05, 0) is 54.9 Å². The second kappa shape index (κ2) is 13.8. The fourth-order valence-electron chi connectivity index (χ4n) is 5.21. The van der Waals surface area contributed by atoms with Gasteiger partial charge < -0.3 is 19.2 Å². The van der Waals surface area contributed by atoms with E-state index in [1.807, 2.05) is 6.07 Å². The van der Waals surface area contributed by atoms with Crippen molar-refractivity contribution in [2.45, 2.75) is 38.5 Å². The van der Waals surface area contributed by atoms with E-state index in [0.29, 0.717) is 45.5 Å². The molecule has 240 valence electrons. The molecule has 11 nitrogen and oxygen atoms in total. The van der Waals surface area contributed by atoms with Crippen molar-refractivity contribution in [2.24, 2.45) is 0 Å². The Morgan fingerprint density at radius 3 is 2.49 bits per heavy atom. The average Bonchev–Trinajstić information content (AvgIpc) is 3.70. The summed E-state index contributed by atoms with van der Waals surface area (Å²) in [4.78, 5) is 4.57. The van der Waals surface area contributed by atoms with Gasteiger partial charge in [-0.3, -0.25) is 9.55 Å². The zero-order chi connectivity index (χ0) is 32.2. The maximum atomic E-state index is 14.5. The highest BCUT2D eigenvalue weighted by Crippen LogP contribution is 2.39. The summed E-state index contributed by atoms with van der Waals surface area (Å²) in [5, 5.41) is 12.7. The van der Waals surface area contributed by atoms with Gasteiger partial charge in [0.05, 0.1) is 31.3 Å². The Morgan fingerprint density at radius 2 is 1.87 bits per heavy atom. The van der Waals surface area contributed by atoms with E-state index in [4.69, 9.17) is 25.5 Å². The summed E-state index contributed by atoms with van der Waals surface area (Å²) >= 11 is 6.34. The van der Waals surface area contributed by atoms with Gasteiger partial charge in [-0.1, -0.05) is 43.4 Å². The Kier molecular flexibility index (Phi) is 10.0. The summed E-state index contributed by atoms with van der Waals surface area (Å²) in [6.45, 7) is 8.42. The van der Waals surface area contributed by atoms with Crippen molar-refractivity contribution in [2.75, 3.05) is 43.9 Å². The molecule has 0 fully saturated rings. The van der Waals surface area contributed by atoms with E-state index >= 15 is 0 Å². The van der Waals surface area contributed by atoms with Gasteiger partial charge in [-0.15, -0.1) is 10.2 Å². The van der Waals surface area contributed by atoms with Gasteiger partial charge in [0.1, 0.15) is 17.2 Å². The van der Waals surface area contributed by atoms with E-state index in [9.17, 15) is 8.42 Å². The van der Waals surface area contributed by atoms with Crippen molar-refractivity contribution < 1.29 is 22.3 Å². The monoisotopic (exact) mass is 670 g/mol. The van der Waals surface area contributed by atoms with Gasteiger partial charge in [0.25, 0.3) is 0 Å². The number of aromatic nitrogens is 4. The van der Waals surface area contributed by atoms with Gasteiger partial charge >= 0.3 is 0 Å². The summed E-state index contributed by atoms with van der Waals surface area (Å²) in [6, 6.07) is 11.4. The van der Waals surface area contributed by atoms with Crippen molar-refractivity contribution in [3.05, 3.63) is 71.2 Å². The minimum Gasteiger partial charge on any atom is -0.494 e. The minimum absolute atomic E-state index is 0.118. The lowest BCUT2D eigenvalue weighted by molar-refractivity contribution is 0.391. The number of nitrogens with zero attached hydrogens (tertiary/aromatic N) is 5. The van der Waals surface area contributed by atoms with Gasteiger partial charge in [-0.2, -0.15) is 0 Å². The molecular weight excluding hydrogens is 632 g/mol. The summed E-state index contributed by atoms with van der Waals surface area (Å²) in [6.07, 6.45) is 6.21. The van der Waals surface area contributed by atoms with Gasteiger partial charge in [0.15, 0.2) is 5.76 Å². The van der Waals surface area contributed by atoms with Gasteiger partial charge in [0, 0.05) is 45.0 Å². The van der Waals surface area contributed by atoms with E-state index in [1.54, 1.807) is 55.3 Å². The Hall–Kier alpha value is -3.65. The van der Waals surface area contributed by atoms with Crippen LogP contribution in [0.1, 0.15) is 17.7 Å². The first-order valence-corrected chi connectivity index (χ1v) is 20.5. The number of anilines is 1. The molecule has 0 saturated carbocycles. The largest absolute Gasteiger partial charge is 0.494 e. The predicted octanol–water partition coefficient (Wildman–Crippen LogP) is 5.69. The third-order valence-electron chi connectivity index (χ3n) is 7.58.